The second-order valence-electron chi connectivity index (χ2n) is 9.24. The molecule has 1 aromatic rings. The van der Waals surface area contributed by atoms with E-state index in [1.165, 1.54) is 6.20 Å². The number of nitrogens with zero attached hydrogens (tertiary/aromatic N) is 4. The van der Waals surface area contributed by atoms with Crippen molar-refractivity contribution in [3.8, 4) is 0 Å². The first kappa shape index (κ1) is 25.9. The van der Waals surface area contributed by atoms with E-state index in [-0.39, 0.29) is 11.3 Å². The van der Waals surface area contributed by atoms with Crippen molar-refractivity contribution >= 4 is 13.9 Å². The monoisotopic (exact) mass is 466 g/mol. The zero-order valence-electron chi connectivity index (χ0n) is 19.3. The van der Waals surface area contributed by atoms with Gasteiger partial charge in [-0.15, -0.1) is 0 Å². The Morgan fingerprint density at radius 3 is 2.39 bits per heavy atom. The lowest BCUT2D eigenvalue weighted by Crippen LogP contribution is -2.54. The first-order valence-corrected chi connectivity index (χ1v) is 11.6. The molecule has 184 valence electrons. The topological polar surface area (TPSA) is 152 Å². The van der Waals surface area contributed by atoms with Crippen LogP contribution in [0, 0.1) is 5.41 Å². The van der Waals surface area contributed by atoms with Crippen LogP contribution in [0.1, 0.15) is 57.6 Å². The summed E-state index contributed by atoms with van der Waals surface area (Å²) in [6.45, 7) is 6.23. The van der Waals surface area contributed by atoms with E-state index in [9.17, 15) is 20.1 Å². The number of piperidine rings is 1. The Morgan fingerprint density at radius 1 is 1.18 bits per heavy atom. The van der Waals surface area contributed by atoms with Gasteiger partial charge in [-0.05, 0) is 56.7 Å². The number of likely N-dealkylation sites (tertiary alicyclic amines) is 2. The van der Waals surface area contributed by atoms with Crippen molar-refractivity contribution in [3.05, 3.63) is 18.0 Å². The van der Waals surface area contributed by atoms with Crippen molar-refractivity contribution in [2.75, 3.05) is 32.8 Å². The highest BCUT2D eigenvalue weighted by molar-refractivity contribution is 6.13. The van der Waals surface area contributed by atoms with Crippen LogP contribution in [0.4, 0.5) is 4.79 Å². The largest absolute Gasteiger partial charge is 0.445 e. The Balaban J connectivity index is 0.00000149. The number of aromatic nitrogens is 2. The van der Waals surface area contributed by atoms with Gasteiger partial charge in [0.05, 0.1) is 0 Å². The summed E-state index contributed by atoms with van der Waals surface area (Å²) in [6, 6.07) is 2.14. The van der Waals surface area contributed by atoms with Gasteiger partial charge in [0, 0.05) is 36.9 Å². The van der Waals surface area contributed by atoms with Gasteiger partial charge >= 0.3 is 12.2 Å². The normalized spacial score (nSPS) is 26.6. The molecular weight excluding hydrogens is 431 g/mol. The molecule has 1 aliphatic carbocycles. The highest BCUT2D eigenvalue weighted by atomic mass is 16.7. The summed E-state index contributed by atoms with van der Waals surface area (Å²) in [5.74, 6) is 0.0862. The SMILES string of the molecule is CC.[B]C(O)(O)COC(=O)N1CCC2(CC(N3CCC(c4ccnn4C(O)(O)O)CC3)C2)C1. The van der Waals surface area contributed by atoms with Crippen LogP contribution >= 0.6 is 0 Å². The van der Waals surface area contributed by atoms with Crippen molar-refractivity contribution in [1.82, 2.24) is 19.6 Å². The Labute approximate surface area is 195 Å². The van der Waals surface area contributed by atoms with E-state index >= 15 is 0 Å². The first-order valence-electron chi connectivity index (χ1n) is 11.6. The quantitative estimate of drug-likeness (QED) is 0.284. The number of carbonyl (C=O) groups excluding carboxylic acids is 1. The first-order chi connectivity index (χ1) is 15.5. The van der Waals surface area contributed by atoms with E-state index in [1.807, 2.05) is 13.8 Å². The van der Waals surface area contributed by atoms with E-state index in [1.54, 1.807) is 11.0 Å². The predicted octanol–water partition coefficient (Wildman–Crippen LogP) is -0.569. The lowest BCUT2D eigenvalue weighted by atomic mass is 9.64. The van der Waals surface area contributed by atoms with Gasteiger partial charge in [0.15, 0.2) is 7.85 Å². The van der Waals surface area contributed by atoms with Crippen molar-refractivity contribution < 1.29 is 35.1 Å². The molecule has 4 rings (SSSR count). The number of amides is 1. The minimum atomic E-state index is -2.99. The minimum Gasteiger partial charge on any atom is -0.445 e. The van der Waals surface area contributed by atoms with Crippen LogP contribution in [0.5, 0.6) is 0 Å². The van der Waals surface area contributed by atoms with E-state index in [0.29, 0.717) is 24.8 Å². The highest BCUT2D eigenvalue weighted by Crippen LogP contribution is 2.51. The molecule has 1 amide bonds. The summed E-state index contributed by atoms with van der Waals surface area (Å²) in [6.07, 6.45) is 2.40. The molecule has 1 spiro atoms. The summed E-state index contributed by atoms with van der Waals surface area (Å²) in [5, 5.41) is 50.3. The average molecular weight is 466 g/mol. The summed E-state index contributed by atoms with van der Waals surface area (Å²) >= 11 is 0. The molecule has 0 atom stereocenters. The van der Waals surface area contributed by atoms with Crippen LogP contribution in [0.25, 0.3) is 0 Å². The van der Waals surface area contributed by atoms with E-state index in [4.69, 9.17) is 22.8 Å². The van der Waals surface area contributed by atoms with Crippen LogP contribution in [0.3, 0.4) is 0 Å². The predicted molar refractivity (Wildman–Crippen MR) is 118 cm³/mol. The van der Waals surface area contributed by atoms with Gasteiger partial charge in [-0.2, -0.15) is 9.78 Å². The molecule has 3 heterocycles. The molecular formula is C21H35BN4O7. The van der Waals surface area contributed by atoms with E-state index in [0.717, 1.165) is 49.9 Å². The Kier molecular flexibility index (Phi) is 7.77. The summed E-state index contributed by atoms with van der Waals surface area (Å²) < 4.78 is 5.71. The van der Waals surface area contributed by atoms with Gasteiger partial charge in [-0.25, -0.2) is 4.79 Å². The molecule has 12 heteroatoms. The van der Waals surface area contributed by atoms with Crippen LogP contribution < -0.4 is 0 Å². The molecule has 0 bridgehead atoms. The van der Waals surface area contributed by atoms with Crippen LogP contribution in [-0.2, 0) is 10.8 Å². The fourth-order valence-electron chi connectivity index (χ4n) is 5.32. The lowest BCUT2D eigenvalue weighted by molar-refractivity contribution is -0.382. The third-order valence-corrected chi connectivity index (χ3v) is 6.86. The number of carbonyl (C=O) groups is 1. The number of hydrogen-bond acceptors (Lipinski definition) is 9. The fourth-order valence-corrected chi connectivity index (χ4v) is 5.32. The standard InChI is InChI=1S/C19H29BN4O7.C2H6/c20-18(26,27)12-31-16(25)23-8-4-17(11-23)9-14(10-17)22-6-2-13(3-7-22)15-1-5-21-24(15)19(28,29)30;1-2/h1,5,13-14,26-30H,2-4,6-12H2;1-2H3. The maximum absolute atomic E-state index is 12.1. The maximum Gasteiger partial charge on any atom is 0.409 e. The maximum atomic E-state index is 12.1. The van der Waals surface area contributed by atoms with Crippen LogP contribution in [0.2, 0.25) is 0 Å². The zero-order valence-corrected chi connectivity index (χ0v) is 19.3. The van der Waals surface area contributed by atoms with Gasteiger partial charge in [-0.3, -0.25) is 0 Å². The number of hydrogen-bond donors (Lipinski definition) is 5. The summed E-state index contributed by atoms with van der Waals surface area (Å²) in [7, 11) is 5.01. The molecule has 5 N–H and O–H groups in total. The van der Waals surface area contributed by atoms with E-state index < -0.39 is 24.5 Å². The van der Waals surface area contributed by atoms with Gasteiger partial charge in [0.1, 0.15) is 12.3 Å². The van der Waals surface area contributed by atoms with Crippen LogP contribution in [0.15, 0.2) is 12.3 Å². The summed E-state index contributed by atoms with van der Waals surface area (Å²) in [5.41, 5.74) is -1.83. The zero-order chi connectivity index (χ0) is 24.4. The van der Waals surface area contributed by atoms with Gasteiger partial charge in [0.2, 0.25) is 0 Å². The molecule has 0 unspecified atom stereocenters. The fraction of sp³-hybridized carbons (Fsp3) is 0.810. The Hall–Kier alpha value is -1.70. The molecule has 3 aliphatic rings. The second kappa shape index (κ2) is 9.89. The second-order valence-corrected chi connectivity index (χ2v) is 9.24. The molecule has 0 aromatic carbocycles. The minimum absolute atomic E-state index is 0.0850. The summed E-state index contributed by atoms with van der Waals surface area (Å²) in [4.78, 5) is 16.1. The Morgan fingerprint density at radius 2 is 1.82 bits per heavy atom. The number of rotatable bonds is 5. The molecule has 2 aliphatic heterocycles. The van der Waals surface area contributed by atoms with Gasteiger partial charge in [-0.1, -0.05) is 13.8 Å². The van der Waals surface area contributed by atoms with Crippen molar-refractivity contribution in [2.45, 2.75) is 69.7 Å². The number of aliphatic hydroxyl groups is 5. The average Bonchev–Trinajstić information content (AvgIpc) is 3.40. The third kappa shape index (κ3) is 6.06. The van der Waals surface area contributed by atoms with Gasteiger partial charge < -0.3 is 40.1 Å². The molecule has 2 saturated heterocycles. The Bertz CT molecular complexity index is 793. The van der Waals surface area contributed by atoms with Crippen molar-refractivity contribution in [3.63, 3.8) is 0 Å². The molecule has 1 aromatic heterocycles. The smallest absolute Gasteiger partial charge is 0.409 e. The van der Waals surface area contributed by atoms with Crippen molar-refractivity contribution in [1.29, 1.82) is 0 Å². The number of ether oxygens (including phenoxy) is 1. The molecule has 11 nitrogen and oxygen atoms in total. The van der Waals surface area contributed by atoms with Crippen molar-refractivity contribution in [2.24, 2.45) is 5.41 Å². The lowest BCUT2D eigenvalue weighted by Gasteiger charge is -2.51. The van der Waals surface area contributed by atoms with E-state index in [2.05, 4.69) is 10.00 Å². The molecule has 33 heavy (non-hydrogen) atoms. The molecule has 1 saturated carbocycles. The van der Waals surface area contributed by atoms with Gasteiger partial charge in [0.25, 0.3) is 0 Å². The third-order valence-electron chi connectivity index (χ3n) is 6.86. The van der Waals surface area contributed by atoms with Crippen LogP contribution in [-0.4, -0.2) is 104 Å². The highest BCUT2D eigenvalue weighted by Gasteiger charge is 2.51. The molecule has 3 fully saturated rings. The molecule has 2 radical (unpaired) electrons.